The molecule has 0 spiro atoms. The standard InChI is InChI=1S/C32H37ClFN3O4S/c1-3-30(32(39)35-27-9-5-4-6-10-27)36(21-24-12-16-26(34)17-13-24)31(38)22-37(28-11-7-8-23(2)20-28)42(40,41)29-18-14-25(33)15-19-29/h7-8,11-20,27,30H,3-6,9-10,21-22H2,1-2H3,(H,35,39)/t30-/m1/s1. The third-order valence-electron chi connectivity index (χ3n) is 7.57. The lowest BCUT2D eigenvalue weighted by molar-refractivity contribution is -0.140. The van der Waals surface area contributed by atoms with Gasteiger partial charge >= 0.3 is 0 Å². The Kier molecular flexibility index (Phi) is 10.6. The predicted molar refractivity (Wildman–Crippen MR) is 163 cm³/mol. The van der Waals surface area contributed by atoms with Crippen molar-refractivity contribution < 1.29 is 22.4 Å². The molecule has 1 N–H and O–H groups in total. The number of amides is 2. The molecule has 0 unspecified atom stereocenters. The smallest absolute Gasteiger partial charge is 0.264 e. The summed E-state index contributed by atoms with van der Waals surface area (Å²) in [4.78, 5) is 29.1. The number of carbonyl (C=O) groups is 2. The van der Waals surface area contributed by atoms with Gasteiger partial charge in [0, 0.05) is 17.6 Å². The molecule has 0 aliphatic heterocycles. The first kappa shape index (κ1) is 31.5. The first-order valence-corrected chi connectivity index (χ1v) is 16.1. The lowest BCUT2D eigenvalue weighted by Gasteiger charge is -2.34. The quantitative estimate of drug-likeness (QED) is 0.277. The number of rotatable bonds is 11. The summed E-state index contributed by atoms with van der Waals surface area (Å²) in [7, 11) is -4.19. The van der Waals surface area contributed by atoms with E-state index in [1.165, 1.54) is 41.3 Å². The van der Waals surface area contributed by atoms with E-state index in [-0.39, 0.29) is 23.4 Å². The summed E-state index contributed by atoms with van der Waals surface area (Å²) in [5.41, 5.74) is 1.76. The highest BCUT2D eigenvalue weighted by atomic mass is 35.5. The van der Waals surface area contributed by atoms with Gasteiger partial charge in [-0.05, 0) is 85.8 Å². The van der Waals surface area contributed by atoms with Crippen LogP contribution in [-0.4, -0.2) is 43.8 Å². The lowest BCUT2D eigenvalue weighted by Crippen LogP contribution is -2.54. The molecule has 0 heterocycles. The number of anilines is 1. The Bertz CT molecular complexity index is 1480. The Morgan fingerprint density at radius 2 is 1.67 bits per heavy atom. The van der Waals surface area contributed by atoms with Crippen LogP contribution in [-0.2, 0) is 26.2 Å². The molecule has 3 aromatic rings. The fourth-order valence-electron chi connectivity index (χ4n) is 5.30. The van der Waals surface area contributed by atoms with Crippen molar-refractivity contribution in [2.24, 2.45) is 0 Å². The predicted octanol–water partition coefficient (Wildman–Crippen LogP) is 6.24. The number of benzene rings is 3. The molecule has 42 heavy (non-hydrogen) atoms. The summed E-state index contributed by atoms with van der Waals surface area (Å²) < 4.78 is 42.6. The Balaban J connectivity index is 1.70. The summed E-state index contributed by atoms with van der Waals surface area (Å²) in [6.45, 7) is 3.13. The van der Waals surface area contributed by atoms with Gasteiger partial charge in [-0.2, -0.15) is 0 Å². The summed E-state index contributed by atoms with van der Waals surface area (Å²) in [6.07, 6.45) is 5.29. The normalized spacial score (nSPS) is 14.7. The molecule has 0 aromatic heterocycles. The van der Waals surface area contributed by atoms with Crippen LogP contribution in [0, 0.1) is 12.7 Å². The first-order chi connectivity index (χ1) is 20.1. The molecule has 2 amide bonds. The number of nitrogens with one attached hydrogen (secondary N) is 1. The van der Waals surface area contributed by atoms with Crippen molar-refractivity contribution in [2.45, 2.75) is 75.9 Å². The molecule has 1 fully saturated rings. The van der Waals surface area contributed by atoms with Crippen LogP contribution in [0.1, 0.15) is 56.6 Å². The zero-order chi connectivity index (χ0) is 30.3. The van der Waals surface area contributed by atoms with Gasteiger partial charge in [0.05, 0.1) is 10.6 Å². The Morgan fingerprint density at radius 3 is 2.29 bits per heavy atom. The van der Waals surface area contributed by atoms with Crippen LogP contribution in [0.15, 0.2) is 77.7 Å². The van der Waals surface area contributed by atoms with E-state index < -0.39 is 34.3 Å². The third kappa shape index (κ3) is 7.89. The zero-order valence-electron chi connectivity index (χ0n) is 23.9. The topological polar surface area (TPSA) is 86.8 Å². The molecule has 0 bridgehead atoms. The minimum Gasteiger partial charge on any atom is -0.352 e. The molecule has 7 nitrogen and oxygen atoms in total. The Morgan fingerprint density at radius 1 is 1.00 bits per heavy atom. The molecule has 1 aliphatic rings. The maximum Gasteiger partial charge on any atom is 0.264 e. The monoisotopic (exact) mass is 613 g/mol. The fourth-order valence-corrected chi connectivity index (χ4v) is 6.83. The van der Waals surface area contributed by atoms with Gasteiger partial charge < -0.3 is 10.2 Å². The second-order valence-corrected chi connectivity index (χ2v) is 13.0. The number of sulfonamides is 1. The molecule has 4 rings (SSSR count). The second-order valence-electron chi connectivity index (χ2n) is 10.7. The van der Waals surface area contributed by atoms with E-state index in [1.807, 2.05) is 19.9 Å². The van der Waals surface area contributed by atoms with E-state index in [9.17, 15) is 22.4 Å². The molecule has 10 heteroatoms. The summed E-state index contributed by atoms with van der Waals surface area (Å²) >= 11 is 6.01. The van der Waals surface area contributed by atoms with Gasteiger partial charge in [0.1, 0.15) is 18.4 Å². The minimum absolute atomic E-state index is 0.0123. The third-order valence-corrected chi connectivity index (χ3v) is 9.61. The van der Waals surface area contributed by atoms with Crippen molar-refractivity contribution in [3.05, 3.63) is 94.8 Å². The van der Waals surface area contributed by atoms with Crippen molar-refractivity contribution in [2.75, 3.05) is 10.8 Å². The number of hydrogen-bond donors (Lipinski definition) is 1. The average molecular weight is 614 g/mol. The maximum absolute atomic E-state index is 14.2. The molecule has 224 valence electrons. The van der Waals surface area contributed by atoms with Crippen LogP contribution < -0.4 is 9.62 Å². The van der Waals surface area contributed by atoms with Gasteiger partial charge in [-0.1, -0.05) is 62.1 Å². The molecule has 1 atom stereocenters. The number of aryl methyl sites for hydroxylation is 1. The van der Waals surface area contributed by atoms with Crippen LogP contribution >= 0.6 is 11.6 Å². The molecular formula is C32H37ClFN3O4S. The van der Waals surface area contributed by atoms with Crippen molar-refractivity contribution in [3.63, 3.8) is 0 Å². The van der Waals surface area contributed by atoms with E-state index in [0.29, 0.717) is 22.7 Å². The van der Waals surface area contributed by atoms with E-state index in [0.717, 1.165) is 42.0 Å². The number of nitrogens with zero attached hydrogens (tertiary/aromatic N) is 2. The van der Waals surface area contributed by atoms with Crippen LogP contribution in [0.25, 0.3) is 0 Å². The summed E-state index contributed by atoms with van der Waals surface area (Å²) in [5.74, 6) is -1.25. The van der Waals surface area contributed by atoms with Gasteiger partial charge in [-0.15, -0.1) is 0 Å². The average Bonchev–Trinajstić information content (AvgIpc) is 2.97. The van der Waals surface area contributed by atoms with E-state index in [4.69, 9.17) is 11.6 Å². The molecular weight excluding hydrogens is 577 g/mol. The molecule has 0 saturated heterocycles. The number of halogens is 2. The van der Waals surface area contributed by atoms with Gasteiger partial charge in [-0.3, -0.25) is 13.9 Å². The van der Waals surface area contributed by atoms with Crippen molar-refractivity contribution in [1.82, 2.24) is 10.2 Å². The van der Waals surface area contributed by atoms with Crippen molar-refractivity contribution in [3.8, 4) is 0 Å². The van der Waals surface area contributed by atoms with Gasteiger partial charge in [0.2, 0.25) is 11.8 Å². The molecule has 1 aliphatic carbocycles. The highest BCUT2D eigenvalue weighted by Crippen LogP contribution is 2.27. The SMILES string of the molecule is CC[C@H](C(=O)NC1CCCCC1)N(Cc1ccc(F)cc1)C(=O)CN(c1cccc(C)c1)S(=O)(=O)c1ccc(Cl)cc1. The van der Waals surface area contributed by atoms with Crippen LogP contribution in [0.3, 0.4) is 0 Å². The summed E-state index contributed by atoms with van der Waals surface area (Å²) in [6, 6.07) is 17.5. The van der Waals surface area contributed by atoms with Gasteiger partial charge in [0.25, 0.3) is 10.0 Å². The van der Waals surface area contributed by atoms with Crippen LogP contribution in [0.5, 0.6) is 0 Å². The first-order valence-electron chi connectivity index (χ1n) is 14.3. The van der Waals surface area contributed by atoms with Crippen molar-refractivity contribution >= 4 is 39.1 Å². The number of hydrogen-bond acceptors (Lipinski definition) is 4. The second kappa shape index (κ2) is 14.2. The van der Waals surface area contributed by atoms with E-state index in [2.05, 4.69) is 5.32 Å². The molecule has 0 radical (unpaired) electrons. The zero-order valence-corrected chi connectivity index (χ0v) is 25.5. The number of carbonyl (C=O) groups excluding carboxylic acids is 2. The van der Waals surface area contributed by atoms with E-state index in [1.54, 1.807) is 30.3 Å². The van der Waals surface area contributed by atoms with Gasteiger partial charge in [-0.25, -0.2) is 12.8 Å². The minimum atomic E-state index is -4.19. The Labute approximate surface area is 252 Å². The highest BCUT2D eigenvalue weighted by Gasteiger charge is 2.34. The lowest BCUT2D eigenvalue weighted by atomic mass is 9.95. The van der Waals surface area contributed by atoms with E-state index >= 15 is 0 Å². The maximum atomic E-state index is 14.2. The largest absolute Gasteiger partial charge is 0.352 e. The van der Waals surface area contributed by atoms with Crippen LogP contribution in [0.4, 0.5) is 10.1 Å². The van der Waals surface area contributed by atoms with Crippen molar-refractivity contribution in [1.29, 1.82) is 0 Å². The molecule has 3 aromatic carbocycles. The highest BCUT2D eigenvalue weighted by molar-refractivity contribution is 7.92. The van der Waals surface area contributed by atoms with Gasteiger partial charge in [0.15, 0.2) is 0 Å². The van der Waals surface area contributed by atoms with Crippen LogP contribution in [0.2, 0.25) is 5.02 Å². The Hall–Kier alpha value is -3.43. The fraction of sp³-hybridized carbons (Fsp3) is 0.375. The molecule has 1 saturated carbocycles. The summed E-state index contributed by atoms with van der Waals surface area (Å²) in [5, 5.41) is 3.50.